The number of nitrogens with zero attached hydrogens (tertiary/aromatic N) is 2. The lowest BCUT2D eigenvalue weighted by Crippen LogP contribution is -1.99. The van der Waals surface area contributed by atoms with Crippen LogP contribution in [0.25, 0.3) is 0 Å². The smallest absolute Gasteiger partial charge is 0.155 e. The van der Waals surface area contributed by atoms with Gasteiger partial charge in [0.1, 0.15) is 11.8 Å². The fraction of sp³-hybridized carbons (Fsp3) is 0.455. The van der Waals surface area contributed by atoms with Gasteiger partial charge in [0.05, 0.1) is 0 Å². The molecule has 4 heteroatoms. The highest BCUT2D eigenvalue weighted by molar-refractivity contribution is 6.30. The quantitative estimate of drug-likeness (QED) is 0.674. The molecular weight excluding hydrogens is 212 g/mol. The van der Waals surface area contributed by atoms with Gasteiger partial charge in [-0.05, 0) is 43.2 Å². The van der Waals surface area contributed by atoms with Crippen molar-refractivity contribution in [2.45, 2.75) is 32.3 Å². The van der Waals surface area contributed by atoms with Gasteiger partial charge in [-0.25, -0.2) is 0 Å². The summed E-state index contributed by atoms with van der Waals surface area (Å²) >= 11 is 5.93. The van der Waals surface area contributed by atoms with E-state index in [1.807, 2.05) is 0 Å². The van der Waals surface area contributed by atoms with Crippen molar-refractivity contribution in [3.63, 3.8) is 0 Å². The predicted octanol–water partition coefficient (Wildman–Crippen LogP) is 1.35. The van der Waals surface area contributed by atoms with Gasteiger partial charge in [0.2, 0.25) is 0 Å². The van der Waals surface area contributed by atoms with Crippen molar-refractivity contribution in [2.75, 3.05) is 0 Å². The van der Waals surface area contributed by atoms with Crippen LogP contribution in [0, 0.1) is 11.8 Å². The van der Waals surface area contributed by atoms with Crippen LogP contribution in [0.3, 0.4) is 0 Å². The first kappa shape index (κ1) is 10.4. The number of hydrogen-bond donors (Lipinski definition) is 1. The summed E-state index contributed by atoms with van der Waals surface area (Å²) in [5.74, 6) is 5.51. The molecule has 1 aliphatic rings. The number of aliphatic hydroxyl groups is 1. The minimum atomic E-state index is -0.639. The molecule has 0 spiro atoms. The number of hydrogen-bond acceptors (Lipinski definition) is 3. The third-order valence-corrected chi connectivity index (χ3v) is 2.69. The van der Waals surface area contributed by atoms with Crippen LogP contribution in [-0.2, 0) is 12.8 Å². The summed E-state index contributed by atoms with van der Waals surface area (Å²) in [6, 6.07) is 0. The molecule has 1 aromatic heterocycles. The standard InChI is InChI=1S/C11H11ClN2O/c1-7(15)5-6-10-8-3-2-4-9(8)11(12)14-13-10/h7,15H,2-4H2,1H3/t7-/m1/s1. The summed E-state index contributed by atoms with van der Waals surface area (Å²) in [6.45, 7) is 1.62. The Morgan fingerprint density at radius 2 is 2.07 bits per heavy atom. The van der Waals surface area contributed by atoms with Gasteiger partial charge in [-0.3, -0.25) is 0 Å². The molecule has 78 valence electrons. The Morgan fingerprint density at radius 3 is 2.80 bits per heavy atom. The van der Waals surface area contributed by atoms with Gasteiger partial charge in [-0.1, -0.05) is 17.5 Å². The van der Waals surface area contributed by atoms with Crippen LogP contribution in [0.2, 0.25) is 5.15 Å². The number of rotatable bonds is 0. The minimum absolute atomic E-state index is 0.491. The number of aromatic nitrogens is 2. The van der Waals surface area contributed by atoms with Crippen LogP contribution in [0.4, 0.5) is 0 Å². The molecule has 1 heterocycles. The van der Waals surface area contributed by atoms with Gasteiger partial charge in [-0.15, -0.1) is 10.2 Å². The second-order valence-electron chi connectivity index (χ2n) is 3.60. The summed E-state index contributed by atoms with van der Waals surface area (Å²) in [5, 5.41) is 17.4. The molecule has 0 unspecified atom stereocenters. The van der Waals surface area contributed by atoms with Gasteiger partial charge in [0.15, 0.2) is 5.15 Å². The van der Waals surface area contributed by atoms with E-state index in [1.54, 1.807) is 6.92 Å². The Hall–Kier alpha value is -1.11. The molecule has 15 heavy (non-hydrogen) atoms. The summed E-state index contributed by atoms with van der Waals surface area (Å²) in [7, 11) is 0. The molecule has 0 amide bonds. The Balaban J connectivity index is 2.43. The van der Waals surface area contributed by atoms with E-state index >= 15 is 0 Å². The maximum Gasteiger partial charge on any atom is 0.155 e. The maximum absolute atomic E-state index is 9.07. The van der Waals surface area contributed by atoms with Gasteiger partial charge in [0.25, 0.3) is 0 Å². The van der Waals surface area contributed by atoms with Crippen LogP contribution in [0.15, 0.2) is 0 Å². The molecule has 0 aromatic carbocycles. The first-order valence-corrected chi connectivity index (χ1v) is 5.30. The van der Waals surface area contributed by atoms with Crippen molar-refractivity contribution in [1.82, 2.24) is 10.2 Å². The lowest BCUT2D eigenvalue weighted by molar-refractivity contribution is 0.253. The number of halogens is 1. The normalized spacial score (nSPS) is 15.4. The monoisotopic (exact) mass is 222 g/mol. The highest BCUT2D eigenvalue weighted by Gasteiger charge is 2.19. The SMILES string of the molecule is C[C@@H](O)C#Cc1nnc(Cl)c2c1CCC2. The van der Waals surface area contributed by atoms with E-state index in [9.17, 15) is 0 Å². The van der Waals surface area contributed by atoms with Crippen LogP contribution in [0.5, 0.6) is 0 Å². The van der Waals surface area contributed by atoms with Gasteiger partial charge in [0, 0.05) is 0 Å². The second-order valence-corrected chi connectivity index (χ2v) is 3.95. The molecule has 1 aliphatic carbocycles. The molecule has 0 aliphatic heterocycles. The molecule has 1 atom stereocenters. The zero-order valence-corrected chi connectivity index (χ0v) is 9.17. The van der Waals surface area contributed by atoms with Crippen LogP contribution in [0.1, 0.15) is 30.2 Å². The molecule has 0 saturated carbocycles. The summed E-state index contributed by atoms with van der Waals surface area (Å²) in [6.07, 6.45) is 2.34. The van der Waals surface area contributed by atoms with Crippen LogP contribution in [-0.4, -0.2) is 21.4 Å². The fourth-order valence-electron chi connectivity index (χ4n) is 1.72. The molecule has 2 rings (SSSR count). The molecule has 0 radical (unpaired) electrons. The summed E-state index contributed by atoms with van der Waals surface area (Å²) in [4.78, 5) is 0. The third kappa shape index (κ3) is 2.11. The molecule has 1 N–H and O–H groups in total. The zero-order chi connectivity index (χ0) is 10.8. The lowest BCUT2D eigenvalue weighted by Gasteiger charge is -2.01. The molecule has 3 nitrogen and oxygen atoms in total. The topological polar surface area (TPSA) is 46.0 Å². The molecule has 0 fully saturated rings. The van der Waals surface area contributed by atoms with Crippen molar-refractivity contribution >= 4 is 11.6 Å². The van der Waals surface area contributed by atoms with Gasteiger partial charge in [-0.2, -0.15) is 0 Å². The summed E-state index contributed by atoms with van der Waals surface area (Å²) in [5.41, 5.74) is 2.83. The van der Waals surface area contributed by atoms with Crippen molar-refractivity contribution in [3.8, 4) is 11.8 Å². The average molecular weight is 223 g/mol. The maximum atomic E-state index is 9.07. The second kappa shape index (κ2) is 4.18. The Kier molecular flexibility index (Phi) is 2.90. The van der Waals surface area contributed by atoms with E-state index in [1.165, 1.54) is 0 Å². The summed E-state index contributed by atoms with van der Waals surface area (Å²) < 4.78 is 0. The number of aliphatic hydroxyl groups excluding tert-OH is 1. The predicted molar refractivity (Wildman–Crippen MR) is 57.6 cm³/mol. The highest BCUT2D eigenvalue weighted by atomic mass is 35.5. The zero-order valence-electron chi connectivity index (χ0n) is 8.42. The minimum Gasteiger partial charge on any atom is -0.381 e. The molecular formula is C11H11ClN2O. The Morgan fingerprint density at radius 1 is 1.33 bits per heavy atom. The number of fused-ring (bicyclic) bond motifs is 1. The van der Waals surface area contributed by atoms with Gasteiger partial charge < -0.3 is 5.11 Å². The Labute approximate surface area is 93.5 Å². The van der Waals surface area contributed by atoms with Crippen molar-refractivity contribution in [2.24, 2.45) is 0 Å². The first-order valence-electron chi connectivity index (χ1n) is 4.92. The Bertz CT molecular complexity index is 446. The molecule has 0 saturated heterocycles. The molecule has 0 bridgehead atoms. The fourth-order valence-corrected chi connectivity index (χ4v) is 1.97. The van der Waals surface area contributed by atoms with E-state index in [0.717, 1.165) is 30.4 Å². The average Bonchev–Trinajstić information content (AvgIpc) is 2.66. The highest BCUT2D eigenvalue weighted by Crippen LogP contribution is 2.28. The van der Waals surface area contributed by atoms with E-state index in [0.29, 0.717) is 10.8 Å². The first-order chi connectivity index (χ1) is 7.18. The van der Waals surface area contributed by atoms with Crippen LogP contribution >= 0.6 is 11.6 Å². The van der Waals surface area contributed by atoms with E-state index in [-0.39, 0.29) is 0 Å². The van der Waals surface area contributed by atoms with E-state index in [2.05, 4.69) is 22.0 Å². The largest absolute Gasteiger partial charge is 0.381 e. The van der Waals surface area contributed by atoms with Crippen molar-refractivity contribution in [1.29, 1.82) is 0 Å². The molecule has 1 aromatic rings. The lowest BCUT2D eigenvalue weighted by atomic mass is 10.1. The van der Waals surface area contributed by atoms with E-state index in [4.69, 9.17) is 16.7 Å². The van der Waals surface area contributed by atoms with Gasteiger partial charge >= 0.3 is 0 Å². The van der Waals surface area contributed by atoms with Crippen molar-refractivity contribution in [3.05, 3.63) is 22.0 Å². The van der Waals surface area contributed by atoms with Crippen LogP contribution < -0.4 is 0 Å². The van der Waals surface area contributed by atoms with E-state index < -0.39 is 6.10 Å². The van der Waals surface area contributed by atoms with Crippen molar-refractivity contribution < 1.29 is 5.11 Å². The third-order valence-electron chi connectivity index (χ3n) is 2.39.